The molecule has 0 radical (unpaired) electrons. The van der Waals surface area contributed by atoms with E-state index < -0.39 is 17.5 Å². The van der Waals surface area contributed by atoms with E-state index in [0.29, 0.717) is 11.4 Å². The van der Waals surface area contributed by atoms with Crippen LogP contribution in [0, 0.1) is 18.6 Å². The summed E-state index contributed by atoms with van der Waals surface area (Å²) >= 11 is 5.77. The van der Waals surface area contributed by atoms with Crippen LogP contribution in [0.5, 0.6) is 0 Å². The second-order valence-corrected chi connectivity index (χ2v) is 5.58. The lowest BCUT2D eigenvalue weighted by atomic mass is 10.1. The highest BCUT2D eigenvalue weighted by atomic mass is 35.5. The number of aryl methyl sites for hydroxylation is 1. The highest BCUT2D eigenvalue weighted by Gasteiger charge is 2.14. The van der Waals surface area contributed by atoms with Crippen LogP contribution < -0.4 is 5.32 Å². The van der Waals surface area contributed by atoms with Gasteiger partial charge in [-0.25, -0.2) is 23.7 Å². The smallest absolute Gasteiger partial charge is 0.293 e. The third kappa shape index (κ3) is 4.13. The fourth-order valence-corrected chi connectivity index (χ4v) is 2.36. The van der Waals surface area contributed by atoms with E-state index in [0.717, 1.165) is 18.2 Å². The monoisotopic (exact) mass is 360 g/mol. The second kappa shape index (κ2) is 6.90. The van der Waals surface area contributed by atoms with Gasteiger partial charge in [-0.2, -0.15) is 0 Å². The van der Waals surface area contributed by atoms with E-state index in [2.05, 4.69) is 20.3 Å². The van der Waals surface area contributed by atoms with Gasteiger partial charge in [0.25, 0.3) is 5.91 Å². The maximum Gasteiger partial charge on any atom is 0.293 e. The molecule has 0 aliphatic carbocycles. The van der Waals surface area contributed by atoms with Gasteiger partial charge in [-0.3, -0.25) is 4.79 Å². The Bertz CT molecular complexity index is 945. The van der Waals surface area contributed by atoms with Crippen molar-refractivity contribution in [2.75, 3.05) is 5.32 Å². The van der Waals surface area contributed by atoms with E-state index in [1.165, 1.54) is 18.3 Å². The SMILES string of the molecule is Cc1cc(-c2cc(F)cc(F)c2)nc(C(=O)Nc2ccnc(Cl)c2)n1. The van der Waals surface area contributed by atoms with Crippen LogP contribution in [0.4, 0.5) is 14.5 Å². The molecule has 1 aromatic carbocycles. The first kappa shape index (κ1) is 16.9. The topological polar surface area (TPSA) is 67.8 Å². The number of halogens is 3. The fraction of sp³-hybridized carbons (Fsp3) is 0.0588. The third-order valence-corrected chi connectivity index (χ3v) is 3.41. The van der Waals surface area contributed by atoms with Crippen LogP contribution in [0.3, 0.4) is 0 Å². The first-order valence-electron chi connectivity index (χ1n) is 7.16. The van der Waals surface area contributed by atoms with Gasteiger partial charge in [-0.05, 0) is 37.3 Å². The molecule has 3 aromatic rings. The third-order valence-electron chi connectivity index (χ3n) is 3.20. The quantitative estimate of drug-likeness (QED) is 0.716. The van der Waals surface area contributed by atoms with E-state index in [4.69, 9.17) is 11.6 Å². The van der Waals surface area contributed by atoms with Crippen LogP contribution in [0.2, 0.25) is 5.15 Å². The Balaban J connectivity index is 1.94. The normalized spacial score (nSPS) is 10.6. The molecule has 3 rings (SSSR count). The number of hydrogen-bond donors (Lipinski definition) is 1. The molecule has 0 spiro atoms. The van der Waals surface area contributed by atoms with Crippen LogP contribution in [-0.2, 0) is 0 Å². The van der Waals surface area contributed by atoms with E-state index in [1.54, 1.807) is 13.0 Å². The lowest BCUT2D eigenvalue weighted by Gasteiger charge is -2.08. The average Bonchev–Trinajstić information content (AvgIpc) is 2.53. The van der Waals surface area contributed by atoms with Crippen LogP contribution in [0.1, 0.15) is 16.3 Å². The molecular weight excluding hydrogens is 350 g/mol. The Hall–Kier alpha value is -2.93. The molecule has 8 heteroatoms. The number of anilines is 1. The number of amides is 1. The van der Waals surface area contributed by atoms with Gasteiger partial charge in [0.1, 0.15) is 16.8 Å². The Morgan fingerprint density at radius 3 is 2.48 bits per heavy atom. The molecule has 1 N–H and O–H groups in total. The minimum atomic E-state index is -0.733. The van der Waals surface area contributed by atoms with E-state index >= 15 is 0 Å². The summed E-state index contributed by atoms with van der Waals surface area (Å²) in [6.45, 7) is 1.65. The average molecular weight is 361 g/mol. The molecule has 0 saturated carbocycles. The summed E-state index contributed by atoms with van der Waals surface area (Å²) < 4.78 is 26.8. The van der Waals surface area contributed by atoms with Gasteiger partial charge in [0.15, 0.2) is 0 Å². The maximum atomic E-state index is 13.4. The zero-order valence-electron chi connectivity index (χ0n) is 12.9. The fourth-order valence-electron chi connectivity index (χ4n) is 2.19. The minimum Gasteiger partial charge on any atom is -0.319 e. The summed E-state index contributed by atoms with van der Waals surface area (Å²) in [5, 5.41) is 2.81. The van der Waals surface area contributed by atoms with Gasteiger partial charge < -0.3 is 5.32 Å². The molecule has 5 nitrogen and oxygen atoms in total. The van der Waals surface area contributed by atoms with E-state index in [1.807, 2.05) is 0 Å². The van der Waals surface area contributed by atoms with E-state index in [9.17, 15) is 13.6 Å². The summed E-state index contributed by atoms with van der Waals surface area (Å²) in [5.74, 6) is -2.18. The van der Waals surface area contributed by atoms with Gasteiger partial charge in [-0.1, -0.05) is 11.6 Å². The number of benzene rings is 1. The molecule has 2 heterocycles. The Kier molecular flexibility index (Phi) is 4.67. The van der Waals surface area contributed by atoms with Crippen molar-refractivity contribution in [3.05, 3.63) is 70.9 Å². The van der Waals surface area contributed by atoms with Crippen molar-refractivity contribution in [3.8, 4) is 11.3 Å². The predicted octanol–water partition coefficient (Wildman–Crippen LogP) is 4.03. The van der Waals surface area contributed by atoms with Crippen molar-refractivity contribution < 1.29 is 13.6 Å². The highest BCUT2D eigenvalue weighted by molar-refractivity contribution is 6.29. The standard InChI is InChI=1S/C17H11ClF2N4O/c1-9-4-14(10-5-11(19)7-12(20)6-10)24-16(22-9)17(25)23-13-2-3-21-15(18)8-13/h2-8H,1H3,(H,21,23,25). The van der Waals surface area contributed by atoms with Gasteiger partial charge in [0, 0.05) is 29.2 Å². The van der Waals surface area contributed by atoms with Crippen molar-refractivity contribution in [1.29, 1.82) is 0 Å². The van der Waals surface area contributed by atoms with Gasteiger partial charge in [-0.15, -0.1) is 0 Å². The molecule has 126 valence electrons. The van der Waals surface area contributed by atoms with Crippen LogP contribution in [0.25, 0.3) is 11.3 Å². The molecule has 0 bridgehead atoms. The number of pyridine rings is 1. The largest absolute Gasteiger partial charge is 0.319 e. The summed E-state index contributed by atoms with van der Waals surface area (Å²) in [6.07, 6.45) is 1.44. The molecule has 2 aromatic heterocycles. The number of hydrogen-bond acceptors (Lipinski definition) is 4. The lowest BCUT2D eigenvalue weighted by molar-refractivity contribution is 0.101. The van der Waals surface area contributed by atoms with Gasteiger partial charge >= 0.3 is 0 Å². The molecule has 0 fully saturated rings. The number of carbonyl (C=O) groups excluding carboxylic acids is 1. The Morgan fingerprint density at radius 2 is 1.80 bits per heavy atom. The van der Waals surface area contributed by atoms with Gasteiger partial charge in [0.05, 0.1) is 5.69 Å². The molecule has 0 atom stereocenters. The molecule has 0 aliphatic rings. The summed E-state index contributed by atoms with van der Waals surface area (Å²) in [4.78, 5) is 24.3. The number of rotatable bonds is 3. The van der Waals surface area contributed by atoms with Crippen molar-refractivity contribution in [2.24, 2.45) is 0 Å². The predicted molar refractivity (Wildman–Crippen MR) is 89.3 cm³/mol. The maximum absolute atomic E-state index is 13.4. The van der Waals surface area contributed by atoms with Crippen LogP contribution in [-0.4, -0.2) is 20.9 Å². The lowest BCUT2D eigenvalue weighted by Crippen LogP contribution is -2.16. The molecule has 25 heavy (non-hydrogen) atoms. The van der Waals surface area contributed by atoms with Gasteiger partial charge in [0.2, 0.25) is 5.82 Å². The summed E-state index contributed by atoms with van der Waals surface area (Å²) in [6, 6.07) is 7.59. The number of aromatic nitrogens is 3. The van der Waals surface area contributed by atoms with Crippen LogP contribution >= 0.6 is 11.6 Å². The molecule has 1 amide bonds. The Morgan fingerprint density at radius 1 is 1.08 bits per heavy atom. The zero-order valence-corrected chi connectivity index (χ0v) is 13.7. The van der Waals surface area contributed by atoms with Crippen molar-refractivity contribution >= 4 is 23.2 Å². The zero-order chi connectivity index (χ0) is 18.0. The first-order valence-corrected chi connectivity index (χ1v) is 7.53. The van der Waals surface area contributed by atoms with Crippen LogP contribution in [0.15, 0.2) is 42.6 Å². The molecule has 0 saturated heterocycles. The molecule has 0 unspecified atom stereocenters. The second-order valence-electron chi connectivity index (χ2n) is 5.20. The first-order chi connectivity index (χ1) is 11.9. The Labute approximate surface area is 146 Å². The number of nitrogens with zero attached hydrogens (tertiary/aromatic N) is 3. The number of carbonyl (C=O) groups is 1. The number of nitrogens with one attached hydrogen (secondary N) is 1. The van der Waals surface area contributed by atoms with Crippen molar-refractivity contribution in [2.45, 2.75) is 6.92 Å². The molecule has 0 aliphatic heterocycles. The minimum absolute atomic E-state index is 0.132. The highest BCUT2D eigenvalue weighted by Crippen LogP contribution is 2.21. The summed E-state index contributed by atoms with van der Waals surface area (Å²) in [7, 11) is 0. The summed E-state index contributed by atoms with van der Waals surface area (Å²) in [5.41, 5.74) is 1.36. The van der Waals surface area contributed by atoms with Crippen molar-refractivity contribution in [3.63, 3.8) is 0 Å². The molecular formula is C17H11ClF2N4O. The van der Waals surface area contributed by atoms with E-state index in [-0.39, 0.29) is 22.2 Å². The van der Waals surface area contributed by atoms with Crippen molar-refractivity contribution in [1.82, 2.24) is 15.0 Å².